The van der Waals surface area contributed by atoms with E-state index in [1.54, 1.807) is 50.2 Å². The lowest BCUT2D eigenvalue weighted by Gasteiger charge is -2.18. The number of hydrogen-bond donors (Lipinski definition) is 1. The number of ether oxygens (including phenoxy) is 3. The third-order valence-electron chi connectivity index (χ3n) is 5.54. The molecule has 39 heavy (non-hydrogen) atoms. The standard InChI is InChI=1S/C19H20O4.C12H14O4/c1-2-3-13-17(14-9-5-4-6-10-14)23-19(22)16-12-8-7-11-15(16)18(20)21;1-3-15-11(13)9-7-5-6-8-10(9)12(14)16-4-2/h4-12,17H,2-3,13H2,1H3,(H,20,21);5-8H,3-4H2,1-2H3. The highest BCUT2D eigenvalue weighted by molar-refractivity contribution is 6.03. The lowest BCUT2D eigenvalue weighted by atomic mass is 10.0. The summed E-state index contributed by atoms with van der Waals surface area (Å²) in [6.45, 7) is 6.05. The van der Waals surface area contributed by atoms with Gasteiger partial charge < -0.3 is 19.3 Å². The molecule has 8 heteroatoms. The molecular weight excluding hydrogens is 500 g/mol. The number of carbonyl (C=O) groups is 4. The van der Waals surface area contributed by atoms with Gasteiger partial charge in [-0.25, -0.2) is 19.2 Å². The van der Waals surface area contributed by atoms with Crippen molar-refractivity contribution in [1.29, 1.82) is 0 Å². The Morgan fingerprint density at radius 2 is 1.08 bits per heavy atom. The number of esters is 3. The Balaban J connectivity index is 0.000000293. The van der Waals surface area contributed by atoms with Crippen LogP contribution in [0.2, 0.25) is 0 Å². The van der Waals surface area contributed by atoms with Crippen molar-refractivity contribution >= 4 is 23.9 Å². The second-order valence-electron chi connectivity index (χ2n) is 8.28. The topological polar surface area (TPSA) is 116 Å². The normalized spacial score (nSPS) is 10.8. The molecule has 0 spiro atoms. The van der Waals surface area contributed by atoms with Gasteiger partial charge in [0.05, 0.1) is 35.5 Å². The van der Waals surface area contributed by atoms with E-state index in [0.717, 1.165) is 18.4 Å². The fraction of sp³-hybridized carbons (Fsp3) is 0.290. The summed E-state index contributed by atoms with van der Waals surface area (Å²) in [5.74, 6) is -2.76. The first-order chi connectivity index (χ1) is 18.8. The highest BCUT2D eigenvalue weighted by atomic mass is 16.5. The Bertz CT molecular complexity index is 1200. The van der Waals surface area contributed by atoms with E-state index >= 15 is 0 Å². The number of rotatable bonds is 11. The van der Waals surface area contributed by atoms with Gasteiger partial charge in [0.2, 0.25) is 0 Å². The van der Waals surface area contributed by atoms with Crippen LogP contribution >= 0.6 is 0 Å². The van der Waals surface area contributed by atoms with Gasteiger partial charge in [0.15, 0.2) is 0 Å². The van der Waals surface area contributed by atoms with E-state index in [-0.39, 0.29) is 41.6 Å². The third-order valence-corrected chi connectivity index (χ3v) is 5.54. The first kappa shape index (κ1) is 30.8. The molecular formula is C31H34O8. The van der Waals surface area contributed by atoms with Crippen LogP contribution in [0.15, 0.2) is 78.9 Å². The Morgan fingerprint density at radius 3 is 1.51 bits per heavy atom. The first-order valence-electron chi connectivity index (χ1n) is 12.8. The predicted octanol–water partition coefficient (Wildman–Crippen LogP) is 6.51. The lowest BCUT2D eigenvalue weighted by Crippen LogP contribution is -2.15. The summed E-state index contributed by atoms with van der Waals surface area (Å²) in [4.78, 5) is 46.8. The number of carboxylic acid groups (broad SMARTS) is 1. The molecule has 0 radical (unpaired) electrons. The number of unbranched alkanes of at least 4 members (excludes halogenated alkanes) is 1. The van der Waals surface area contributed by atoms with Crippen LogP contribution in [0.25, 0.3) is 0 Å². The third kappa shape index (κ3) is 9.41. The number of benzene rings is 3. The minimum Gasteiger partial charge on any atom is -0.478 e. The molecule has 3 rings (SSSR count). The van der Waals surface area contributed by atoms with Gasteiger partial charge >= 0.3 is 23.9 Å². The van der Waals surface area contributed by atoms with Gasteiger partial charge in [0.1, 0.15) is 6.10 Å². The van der Waals surface area contributed by atoms with Crippen molar-refractivity contribution in [2.24, 2.45) is 0 Å². The van der Waals surface area contributed by atoms with E-state index in [2.05, 4.69) is 6.92 Å². The van der Waals surface area contributed by atoms with Gasteiger partial charge in [-0.3, -0.25) is 0 Å². The zero-order valence-electron chi connectivity index (χ0n) is 22.4. The van der Waals surface area contributed by atoms with Crippen molar-refractivity contribution in [1.82, 2.24) is 0 Å². The van der Waals surface area contributed by atoms with Crippen molar-refractivity contribution < 1.29 is 38.5 Å². The second-order valence-corrected chi connectivity index (χ2v) is 8.28. The maximum atomic E-state index is 12.4. The molecule has 1 unspecified atom stereocenters. The van der Waals surface area contributed by atoms with Gasteiger partial charge in [-0.1, -0.05) is 67.9 Å². The monoisotopic (exact) mass is 534 g/mol. The molecule has 0 saturated carbocycles. The molecule has 0 heterocycles. The SMILES string of the molecule is CCCCC(OC(=O)c1ccccc1C(=O)O)c1ccccc1.CCOC(=O)c1ccccc1C(=O)OCC. The van der Waals surface area contributed by atoms with Gasteiger partial charge in [-0.2, -0.15) is 0 Å². The Hall–Kier alpha value is -4.46. The Kier molecular flexibility index (Phi) is 12.9. The number of hydrogen-bond acceptors (Lipinski definition) is 7. The second kappa shape index (κ2) is 16.4. The van der Waals surface area contributed by atoms with Crippen LogP contribution in [0.3, 0.4) is 0 Å². The van der Waals surface area contributed by atoms with Crippen LogP contribution < -0.4 is 0 Å². The summed E-state index contributed by atoms with van der Waals surface area (Å²) in [7, 11) is 0. The lowest BCUT2D eigenvalue weighted by molar-refractivity contribution is 0.0266. The minimum atomic E-state index is -1.14. The summed E-state index contributed by atoms with van der Waals surface area (Å²) in [5, 5.41) is 9.20. The smallest absolute Gasteiger partial charge is 0.339 e. The zero-order chi connectivity index (χ0) is 28.6. The molecule has 0 bridgehead atoms. The molecule has 0 aliphatic rings. The molecule has 0 aliphatic heterocycles. The molecule has 1 N–H and O–H groups in total. The van der Waals surface area contributed by atoms with E-state index in [9.17, 15) is 24.3 Å². The van der Waals surface area contributed by atoms with Crippen molar-refractivity contribution in [2.75, 3.05) is 13.2 Å². The number of carbonyl (C=O) groups excluding carboxylic acids is 3. The van der Waals surface area contributed by atoms with Crippen LogP contribution in [0.1, 0.15) is 93.1 Å². The van der Waals surface area contributed by atoms with Gasteiger partial charge in [-0.05, 0) is 56.5 Å². The van der Waals surface area contributed by atoms with Crippen LogP contribution in [-0.2, 0) is 14.2 Å². The van der Waals surface area contributed by atoms with Crippen molar-refractivity contribution in [3.63, 3.8) is 0 Å². The number of carboxylic acids is 1. The summed E-state index contributed by atoms with van der Waals surface area (Å²) >= 11 is 0. The quantitative estimate of drug-likeness (QED) is 0.218. The van der Waals surface area contributed by atoms with Crippen LogP contribution in [0.5, 0.6) is 0 Å². The highest BCUT2D eigenvalue weighted by Gasteiger charge is 2.22. The predicted molar refractivity (Wildman–Crippen MR) is 146 cm³/mol. The van der Waals surface area contributed by atoms with E-state index < -0.39 is 23.9 Å². The van der Waals surface area contributed by atoms with Gasteiger partial charge in [-0.15, -0.1) is 0 Å². The Labute approximate surface area is 228 Å². The van der Waals surface area contributed by atoms with E-state index in [1.165, 1.54) is 12.1 Å². The average Bonchev–Trinajstić information content (AvgIpc) is 2.96. The van der Waals surface area contributed by atoms with Crippen molar-refractivity contribution in [3.05, 3.63) is 107 Å². The number of aromatic carboxylic acids is 1. The van der Waals surface area contributed by atoms with Crippen LogP contribution in [0.4, 0.5) is 0 Å². The summed E-state index contributed by atoms with van der Waals surface area (Å²) < 4.78 is 15.3. The van der Waals surface area contributed by atoms with Crippen LogP contribution in [-0.4, -0.2) is 42.2 Å². The fourth-order valence-electron chi connectivity index (χ4n) is 3.65. The molecule has 0 aromatic heterocycles. The minimum absolute atomic E-state index is 0.0418. The molecule has 0 amide bonds. The molecule has 1 atom stereocenters. The summed E-state index contributed by atoms with van der Waals surface area (Å²) in [6.07, 6.45) is 2.26. The van der Waals surface area contributed by atoms with Crippen molar-refractivity contribution in [3.8, 4) is 0 Å². The molecule has 3 aromatic rings. The van der Waals surface area contributed by atoms with Gasteiger partial charge in [0.25, 0.3) is 0 Å². The van der Waals surface area contributed by atoms with E-state index in [1.807, 2.05) is 30.3 Å². The van der Waals surface area contributed by atoms with E-state index in [0.29, 0.717) is 6.42 Å². The van der Waals surface area contributed by atoms with Crippen molar-refractivity contribution in [2.45, 2.75) is 46.1 Å². The molecule has 206 valence electrons. The van der Waals surface area contributed by atoms with Crippen LogP contribution in [0, 0.1) is 0 Å². The van der Waals surface area contributed by atoms with Gasteiger partial charge in [0, 0.05) is 0 Å². The molecule has 0 fully saturated rings. The maximum absolute atomic E-state index is 12.4. The first-order valence-corrected chi connectivity index (χ1v) is 12.8. The molecule has 0 aliphatic carbocycles. The largest absolute Gasteiger partial charge is 0.478 e. The summed E-state index contributed by atoms with van der Waals surface area (Å²) in [5.41, 5.74) is 1.44. The zero-order valence-corrected chi connectivity index (χ0v) is 22.4. The van der Waals surface area contributed by atoms with E-state index in [4.69, 9.17) is 14.2 Å². The fourth-order valence-corrected chi connectivity index (χ4v) is 3.65. The Morgan fingerprint density at radius 1 is 0.641 bits per heavy atom. The molecule has 0 saturated heterocycles. The highest BCUT2D eigenvalue weighted by Crippen LogP contribution is 2.25. The maximum Gasteiger partial charge on any atom is 0.339 e. The molecule has 8 nitrogen and oxygen atoms in total. The average molecular weight is 535 g/mol. The molecule has 3 aromatic carbocycles. The summed E-state index contributed by atoms with van der Waals surface area (Å²) in [6, 6.07) is 22.1.